The maximum absolute atomic E-state index is 10.4. The summed E-state index contributed by atoms with van der Waals surface area (Å²) in [6.45, 7) is 2.00. The van der Waals surface area contributed by atoms with E-state index in [4.69, 9.17) is 9.90 Å². The average Bonchev–Trinajstić information content (AvgIpc) is 2.30. The zero-order chi connectivity index (χ0) is 14.5. The van der Waals surface area contributed by atoms with Crippen molar-refractivity contribution >= 4 is 23.9 Å². The van der Waals surface area contributed by atoms with Crippen molar-refractivity contribution in [3.8, 4) is 5.75 Å². The minimum Gasteiger partial charge on any atom is -0.497 e. The van der Waals surface area contributed by atoms with Gasteiger partial charge in [-0.05, 0) is 0 Å². The van der Waals surface area contributed by atoms with Gasteiger partial charge in [0.2, 0.25) is 0 Å². The molecule has 0 saturated carbocycles. The molecule has 1 aromatic rings. The van der Waals surface area contributed by atoms with Gasteiger partial charge in [0.25, 0.3) is 11.4 Å². The summed E-state index contributed by atoms with van der Waals surface area (Å²) in [6.07, 6.45) is 0. The van der Waals surface area contributed by atoms with Crippen molar-refractivity contribution in [1.29, 1.82) is 0 Å². The van der Waals surface area contributed by atoms with Crippen LogP contribution in [0.15, 0.2) is 12.1 Å². The Morgan fingerprint density at radius 3 is 1.42 bits per heavy atom. The smallest absolute Gasteiger partial charge is 0.324 e. The van der Waals surface area contributed by atoms with Crippen LogP contribution in [-0.4, -0.2) is 26.7 Å². The van der Waals surface area contributed by atoms with E-state index in [1.165, 1.54) is 0 Å². The second-order valence-corrected chi connectivity index (χ2v) is 2.60. The quantitative estimate of drug-likeness (QED) is 0.488. The molecule has 1 rings (SSSR count). The predicted octanol–water partition coefficient (Wildman–Crippen LogP) is 0.929. The Bertz CT molecular complexity index is 484. The predicted molar refractivity (Wildman–Crippen MR) is 55.2 cm³/mol. The van der Waals surface area contributed by atoms with E-state index in [0.717, 1.165) is 0 Å². The molecule has 0 spiro atoms. The van der Waals surface area contributed by atoms with Crippen molar-refractivity contribution in [3.05, 3.63) is 42.5 Å². The largest absolute Gasteiger partial charge is 0.497 e. The molecule has 0 aliphatic rings. The van der Waals surface area contributed by atoms with Crippen LogP contribution in [0.1, 0.15) is 0 Å². The Morgan fingerprint density at radius 1 is 0.895 bits per heavy atom. The van der Waals surface area contributed by atoms with E-state index in [2.05, 4.69) is 0 Å². The minimum absolute atomic E-state index is 0. The number of carbonyl (C=O) groups is 1. The molecule has 0 saturated heterocycles. The number of hydrogen-bond donors (Lipinski definition) is 1. The van der Waals surface area contributed by atoms with E-state index in [0.29, 0.717) is 12.1 Å². The van der Waals surface area contributed by atoms with Crippen LogP contribution >= 0.6 is 0 Å². The SMILES string of the molecule is C=O.O=[N+]([O-])c1cc([N+](=O)[O-])c(O)c([N+](=O)[O-])c1.[Fe]. The topological polar surface area (TPSA) is 167 Å². The molecule has 19 heavy (non-hydrogen) atoms. The van der Waals surface area contributed by atoms with E-state index in [1.54, 1.807) is 0 Å². The van der Waals surface area contributed by atoms with Gasteiger partial charge in [-0.15, -0.1) is 0 Å². The maximum Gasteiger partial charge on any atom is 0.324 e. The summed E-state index contributed by atoms with van der Waals surface area (Å²) in [5.41, 5.74) is -3.00. The minimum atomic E-state index is -1.21. The Balaban J connectivity index is 0. The molecule has 0 aliphatic heterocycles. The van der Waals surface area contributed by atoms with Gasteiger partial charge in [0.05, 0.1) is 26.9 Å². The van der Waals surface area contributed by atoms with Crippen LogP contribution in [0.3, 0.4) is 0 Å². The molecule has 0 aliphatic carbocycles. The van der Waals surface area contributed by atoms with E-state index >= 15 is 0 Å². The van der Waals surface area contributed by atoms with Crippen LogP contribution in [0.4, 0.5) is 17.1 Å². The summed E-state index contributed by atoms with van der Waals surface area (Å²) in [4.78, 5) is 35.8. The molecule has 104 valence electrons. The number of rotatable bonds is 3. The number of phenols is 1. The van der Waals surface area contributed by atoms with Gasteiger partial charge in [-0.3, -0.25) is 30.3 Å². The van der Waals surface area contributed by atoms with Gasteiger partial charge in [0, 0.05) is 17.1 Å². The average molecular weight is 315 g/mol. The summed E-state index contributed by atoms with van der Waals surface area (Å²) >= 11 is 0. The first-order valence-electron chi connectivity index (χ1n) is 3.93. The number of nitro benzene ring substituents is 3. The molecular weight excluding hydrogens is 310 g/mol. The summed E-state index contributed by atoms with van der Waals surface area (Å²) in [7, 11) is 0. The van der Waals surface area contributed by atoms with Gasteiger partial charge < -0.3 is 9.90 Å². The van der Waals surface area contributed by atoms with Crippen LogP contribution in [0, 0.1) is 30.3 Å². The summed E-state index contributed by atoms with van der Waals surface area (Å²) in [5.74, 6) is -1.21. The van der Waals surface area contributed by atoms with Gasteiger partial charge in [-0.2, -0.15) is 0 Å². The first-order valence-corrected chi connectivity index (χ1v) is 3.93. The van der Waals surface area contributed by atoms with Gasteiger partial charge in [0.1, 0.15) is 6.79 Å². The molecule has 11 nitrogen and oxygen atoms in total. The van der Waals surface area contributed by atoms with Crippen LogP contribution in [0.25, 0.3) is 0 Å². The number of aromatic hydroxyl groups is 1. The summed E-state index contributed by atoms with van der Waals surface area (Å²) in [6, 6.07) is 0.894. The Labute approximate surface area is 114 Å². The number of carbonyl (C=O) groups excluding carboxylic acids is 1. The number of nitro groups is 3. The van der Waals surface area contributed by atoms with Crippen molar-refractivity contribution in [2.45, 2.75) is 0 Å². The van der Waals surface area contributed by atoms with Crippen molar-refractivity contribution in [2.24, 2.45) is 0 Å². The summed E-state index contributed by atoms with van der Waals surface area (Å²) < 4.78 is 0. The Hall–Kier alpha value is -2.59. The second-order valence-electron chi connectivity index (χ2n) is 2.60. The first kappa shape index (κ1) is 18.8. The maximum atomic E-state index is 10.4. The molecule has 0 heterocycles. The standard InChI is InChI=1S/C6H3N3O7.CH2O.Fe/c10-6-4(8(13)14)1-3(7(11)12)2-5(6)9(15)16;1-2;/h1-2,10H;1H2;. The van der Waals surface area contributed by atoms with Crippen LogP contribution in [0.2, 0.25) is 0 Å². The van der Waals surface area contributed by atoms with Crippen molar-refractivity contribution in [3.63, 3.8) is 0 Å². The molecule has 0 unspecified atom stereocenters. The molecule has 0 bridgehead atoms. The first-order chi connectivity index (χ1) is 8.34. The van der Waals surface area contributed by atoms with Crippen LogP contribution in [0.5, 0.6) is 5.75 Å². The fourth-order valence-corrected chi connectivity index (χ4v) is 0.974. The molecular formula is C7H5FeN3O8. The second kappa shape index (κ2) is 7.68. The number of hydrogen-bond acceptors (Lipinski definition) is 8. The van der Waals surface area contributed by atoms with Crippen molar-refractivity contribution in [2.75, 3.05) is 0 Å². The monoisotopic (exact) mass is 315 g/mol. The van der Waals surface area contributed by atoms with Gasteiger partial charge in [0.15, 0.2) is 0 Å². The number of nitrogens with zero attached hydrogens (tertiary/aromatic N) is 3. The van der Waals surface area contributed by atoms with Gasteiger partial charge in [-0.1, -0.05) is 0 Å². The van der Waals surface area contributed by atoms with Gasteiger partial charge >= 0.3 is 11.4 Å². The normalized spacial score (nSPS) is 8.42. The van der Waals surface area contributed by atoms with Crippen molar-refractivity contribution < 1.29 is 41.7 Å². The number of non-ortho nitro benzene ring substituents is 1. The zero-order valence-electron chi connectivity index (χ0n) is 8.86. The van der Waals surface area contributed by atoms with E-state index in [1.807, 2.05) is 6.79 Å². The zero-order valence-corrected chi connectivity index (χ0v) is 9.97. The molecule has 0 amide bonds. The van der Waals surface area contributed by atoms with E-state index in [-0.39, 0.29) is 17.1 Å². The third kappa shape index (κ3) is 4.29. The van der Waals surface area contributed by atoms with Crippen molar-refractivity contribution in [1.82, 2.24) is 0 Å². The fourth-order valence-electron chi connectivity index (χ4n) is 0.974. The number of phenolic OH excluding ortho intramolecular Hbond substituents is 1. The molecule has 1 N–H and O–H groups in total. The van der Waals surface area contributed by atoms with E-state index in [9.17, 15) is 30.3 Å². The molecule has 1 aromatic carbocycles. The molecule has 0 aromatic heterocycles. The van der Waals surface area contributed by atoms with E-state index < -0.39 is 37.6 Å². The molecule has 0 fully saturated rings. The number of benzene rings is 1. The van der Waals surface area contributed by atoms with Crippen LogP contribution < -0.4 is 0 Å². The molecule has 0 atom stereocenters. The molecule has 0 radical (unpaired) electrons. The fraction of sp³-hybridized carbons (Fsp3) is 0. The Kier molecular flexibility index (Phi) is 7.59. The Morgan fingerprint density at radius 2 is 1.21 bits per heavy atom. The summed E-state index contributed by atoms with van der Waals surface area (Å²) in [5, 5.41) is 40.2. The third-order valence-electron chi connectivity index (χ3n) is 1.66. The van der Waals surface area contributed by atoms with Crippen LogP contribution in [-0.2, 0) is 21.9 Å². The molecule has 12 heteroatoms. The third-order valence-corrected chi connectivity index (χ3v) is 1.66. The van der Waals surface area contributed by atoms with Gasteiger partial charge in [-0.25, -0.2) is 0 Å².